The summed E-state index contributed by atoms with van der Waals surface area (Å²) in [5.74, 6) is -0.313. The summed E-state index contributed by atoms with van der Waals surface area (Å²) in [6, 6.07) is 0. The summed E-state index contributed by atoms with van der Waals surface area (Å²) in [5, 5.41) is 12.2. The van der Waals surface area contributed by atoms with Gasteiger partial charge in [0.2, 0.25) is 0 Å². The third-order valence-electron chi connectivity index (χ3n) is 9.47. The minimum atomic E-state index is -0.528. The highest BCUT2D eigenvalue weighted by atomic mass is 16.3. The molecule has 2 N–H and O–H groups in total. The van der Waals surface area contributed by atoms with Crippen molar-refractivity contribution in [1.82, 2.24) is 5.32 Å². The van der Waals surface area contributed by atoms with Gasteiger partial charge in [0.15, 0.2) is 0 Å². The van der Waals surface area contributed by atoms with E-state index < -0.39 is 5.92 Å². The molecule has 0 saturated heterocycles. The fraction of sp³-hybridized carbons (Fsp3) is 0.950. The summed E-state index contributed by atoms with van der Waals surface area (Å²) in [6.45, 7) is 5.42. The van der Waals surface area contributed by atoms with Crippen molar-refractivity contribution in [2.45, 2.75) is 219 Å². The minimum Gasteiger partial charge on any atom is -0.395 e. The lowest BCUT2D eigenvalue weighted by Gasteiger charge is -2.15. The Balaban J connectivity index is 3.82. The third kappa shape index (κ3) is 31.3. The van der Waals surface area contributed by atoms with Crippen molar-refractivity contribution in [3.05, 3.63) is 0 Å². The van der Waals surface area contributed by atoms with Gasteiger partial charge in [-0.15, -0.1) is 0 Å². The maximum Gasteiger partial charge on any atom is 0.144 e. The Hall–Kier alpha value is -0.740. The molecule has 0 atom stereocenters. The van der Waals surface area contributed by atoms with Crippen LogP contribution in [0.1, 0.15) is 219 Å². The predicted molar refractivity (Wildman–Crippen MR) is 193 cm³/mol. The zero-order valence-electron chi connectivity index (χ0n) is 30.1. The molecule has 262 valence electrons. The lowest BCUT2D eigenvalue weighted by molar-refractivity contribution is -0.132. The molecule has 0 saturated carbocycles. The van der Waals surface area contributed by atoms with E-state index in [-0.39, 0.29) is 18.2 Å². The van der Waals surface area contributed by atoms with Gasteiger partial charge in [0.25, 0.3) is 0 Å². The summed E-state index contributed by atoms with van der Waals surface area (Å²) < 4.78 is 0. The van der Waals surface area contributed by atoms with Crippen LogP contribution in [-0.4, -0.2) is 36.4 Å². The highest BCUT2D eigenvalue weighted by Crippen LogP contribution is 2.17. The molecular formula is C40H79NO3. The van der Waals surface area contributed by atoms with E-state index in [2.05, 4.69) is 19.2 Å². The Morgan fingerprint density at radius 3 is 0.932 bits per heavy atom. The van der Waals surface area contributed by atoms with Gasteiger partial charge in [-0.05, 0) is 12.8 Å². The van der Waals surface area contributed by atoms with Crippen LogP contribution in [0.3, 0.4) is 0 Å². The van der Waals surface area contributed by atoms with Crippen molar-refractivity contribution in [3.63, 3.8) is 0 Å². The van der Waals surface area contributed by atoms with Crippen LogP contribution in [0.15, 0.2) is 0 Å². The van der Waals surface area contributed by atoms with Crippen molar-refractivity contribution < 1.29 is 14.7 Å². The van der Waals surface area contributed by atoms with Crippen molar-refractivity contribution in [3.8, 4) is 0 Å². The van der Waals surface area contributed by atoms with E-state index in [1.807, 2.05) is 0 Å². The van der Waals surface area contributed by atoms with Crippen LogP contribution in [0.25, 0.3) is 0 Å². The monoisotopic (exact) mass is 622 g/mol. The highest BCUT2D eigenvalue weighted by Gasteiger charge is 2.24. The largest absolute Gasteiger partial charge is 0.395 e. The van der Waals surface area contributed by atoms with Crippen LogP contribution in [-0.2, 0) is 9.59 Å². The Morgan fingerprint density at radius 2 is 0.682 bits per heavy atom. The van der Waals surface area contributed by atoms with E-state index in [1.165, 1.54) is 167 Å². The number of aliphatic hydroxyl groups excluding tert-OH is 1. The molecule has 0 aliphatic rings. The Morgan fingerprint density at radius 1 is 0.432 bits per heavy atom. The van der Waals surface area contributed by atoms with Gasteiger partial charge < -0.3 is 10.4 Å². The first-order valence-corrected chi connectivity index (χ1v) is 20.0. The molecule has 0 spiro atoms. The van der Waals surface area contributed by atoms with E-state index in [4.69, 9.17) is 5.11 Å². The van der Waals surface area contributed by atoms with Crippen molar-refractivity contribution in [2.75, 3.05) is 19.7 Å². The minimum absolute atomic E-state index is 0.0349. The highest BCUT2D eigenvalue weighted by molar-refractivity contribution is 6.02. The molecule has 0 aromatic carbocycles. The van der Waals surface area contributed by atoms with Crippen LogP contribution in [0.4, 0.5) is 0 Å². The third-order valence-corrected chi connectivity index (χ3v) is 9.47. The van der Waals surface area contributed by atoms with Gasteiger partial charge in [0, 0.05) is 25.9 Å². The predicted octanol–water partition coefficient (Wildman–Crippen LogP) is 11.8. The average molecular weight is 622 g/mol. The van der Waals surface area contributed by atoms with Crippen LogP contribution in [0, 0.1) is 5.92 Å². The molecule has 0 heterocycles. The Kier molecular flexibility index (Phi) is 36.1. The smallest absolute Gasteiger partial charge is 0.144 e. The lowest BCUT2D eigenvalue weighted by Crippen LogP contribution is -2.35. The van der Waals surface area contributed by atoms with Crippen molar-refractivity contribution in [1.29, 1.82) is 0 Å². The topological polar surface area (TPSA) is 66.4 Å². The van der Waals surface area contributed by atoms with E-state index >= 15 is 0 Å². The molecule has 0 amide bonds. The summed E-state index contributed by atoms with van der Waals surface area (Å²) in [7, 11) is 0. The molecule has 44 heavy (non-hydrogen) atoms. The van der Waals surface area contributed by atoms with E-state index in [0.29, 0.717) is 25.9 Å². The van der Waals surface area contributed by atoms with Gasteiger partial charge in [0.1, 0.15) is 11.6 Å². The van der Waals surface area contributed by atoms with Crippen molar-refractivity contribution >= 4 is 11.6 Å². The van der Waals surface area contributed by atoms with Gasteiger partial charge in [-0.2, -0.15) is 0 Å². The number of nitrogens with one attached hydrogen (secondary N) is 1. The lowest BCUT2D eigenvalue weighted by atomic mass is 9.91. The molecule has 0 aliphatic carbocycles. The molecule has 0 aromatic heterocycles. The summed E-state index contributed by atoms with van der Waals surface area (Å²) in [4.78, 5) is 25.9. The number of unbranched alkanes of at least 4 members (excludes halogenated alkanes) is 28. The van der Waals surface area contributed by atoms with Gasteiger partial charge in [0.05, 0.1) is 12.5 Å². The molecule has 4 nitrogen and oxygen atoms in total. The fourth-order valence-corrected chi connectivity index (χ4v) is 6.42. The maximum atomic E-state index is 12.9. The number of ketones is 2. The van der Waals surface area contributed by atoms with Crippen LogP contribution >= 0.6 is 0 Å². The van der Waals surface area contributed by atoms with Gasteiger partial charge in [-0.3, -0.25) is 9.59 Å². The first-order valence-electron chi connectivity index (χ1n) is 20.0. The summed E-state index contributed by atoms with van der Waals surface area (Å²) in [5.41, 5.74) is 0. The number of carbonyl (C=O) groups is 2. The molecule has 0 unspecified atom stereocenters. The molecule has 0 radical (unpaired) electrons. The SMILES string of the molecule is CCCCCCCCCCCCCCCCCC(=O)C(CNCCO)C(=O)CCCCCCCCCCCCCCCCC. The van der Waals surface area contributed by atoms with Gasteiger partial charge in [-0.25, -0.2) is 0 Å². The van der Waals surface area contributed by atoms with Gasteiger partial charge in [-0.1, -0.05) is 194 Å². The fourth-order valence-electron chi connectivity index (χ4n) is 6.42. The first-order chi connectivity index (χ1) is 21.7. The zero-order chi connectivity index (χ0) is 32.2. The number of rotatable bonds is 38. The number of hydrogen-bond donors (Lipinski definition) is 2. The van der Waals surface area contributed by atoms with E-state index in [1.54, 1.807) is 0 Å². The van der Waals surface area contributed by atoms with E-state index in [0.717, 1.165) is 25.7 Å². The Labute approximate surface area is 276 Å². The number of hydrogen-bond acceptors (Lipinski definition) is 4. The molecule has 0 rings (SSSR count). The number of Topliss-reactive ketones (excluding diaryl/α,β-unsaturated/α-hetero) is 2. The zero-order valence-corrected chi connectivity index (χ0v) is 30.1. The van der Waals surface area contributed by atoms with Crippen LogP contribution in [0.5, 0.6) is 0 Å². The quantitative estimate of drug-likeness (QED) is 0.0531. The number of carbonyl (C=O) groups excluding carboxylic acids is 2. The standard InChI is InChI=1S/C40H79NO3/c1-3-5-7-9-11-13-15-17-19-21-23-25-27-29-31-33-39(43)38(37-41-35-36-42)40(44)34-32-30-28-26-24-22-20-18-16-14-12-10-8-6-4-2/h38,41-42H,3-37H2,1-2H3. The molecule has 4 heteroatoms. The number of aliphatic hydroxyl groups is 1. The molecule has 0 bridgehead atoms. The van der Waals surface area contributed by atoms with Gasteiger partial charge >= 0.3 is 0 Å². The molecule has 0 aromatic rings. The van der Waals surface area contributed by atoms with Crippen LogP contribution < -0.4 is 5.32 Å². The second-order valence-electron chi connectivity index (χ2n) is 13.8. The first kappa shape index (κ1) is 43.3. The Bertz CT molecular complexity index is 547. The summed E-state index contributed by atoms with van der Waals surface area (Å²) in [6.07, 6.45) is 40.4. The summed E-state index contributed by atoms with van der Waals surface area (Å²) >= 11 is 0. The normalized spacial score (nSPS) is 11.5. The average Bonchev–Trinajstić information content (AvgIpc) is 3.02. The molecular weight excluding hydrogens is 542 g/mol. The van der Waals surface area contributed by atoms with E-state index in [9.17, 15) is 9.59 Å². The second-order valence-corrected chi connectivity index (χ2v) is 13.8. The maximum absolute atomic E-state index is 12.9. The van der Waals surface area contributed by atoms with Crippen molar-refractivity contribution in [2.24, 2.45) is 5.92 Å². The second kappa shape index (κ2) is 36.7. The molecule has 0 aliphatic heterocycles. The molecule has 0 fully saturated rings. The van der Waals surface area contributed by atoms with Crippen LogP contribution in [0.2, 0.25) is 0 Å².